The molecule has 1 aliphatic heterocycles. The molecule has 2 aromatic rings. The molecule has 2 heterocycles. The fourth-order valence-corrected chi connectivity index (χ4v) is 2.85. The molecule has 1 atom stereocenters. The van der Waals surface area contributed by atoms with Gasteiger partial charge in [0.05, 0.1) is 22.5 Å². The van der Waals surface area contributed by atoms with Crippen LogP contribution in [0.15, 0.2) is 18.2 Å². The molecule has 1 unspecified atom stereocenters. The van der Waals surface area contributed by atoms with Gasteiger partial charge in [-0.2, -0.15) is 0 Å². The first-order valence-electron chi connectivity index (χ1n) is 7.32. The Bertz CT molecular complexity index is 749. The van der Waals surface area contributed by atoms with Crippen LogP contribution < -0.4 is 0 Å². The molecule has 1 saturated heterocycles. The van der Waals surface area contributed by atoms with E-state index in [4.69, 9.17) is 11.6 Å². The fraction of sp³-hybridized carbons (Fsp3) is 0.400. The lowest BCUT2D eigenvalue weighted by atomic mass is 10.1. The number of aromatic nitrogens is 3. The Balaban J connectivity index is 1.89. The first-order valence-corrected chi connectivity index (χ1v) is 7.70. The zero-order valence-corrected chi connectivity index (χ0v) is 13.3. The number of carbonyl (C=O) groups excluding carboxylic acids is 1. The average molecular weight is 339 g/mol. The molecular weight excluding hydrogens is 323 g/mol. The molecule has 1 aromatic heterocycles. The summed E-state index contributed by atoms with van der Waals surface area (Å²) in [6.07, 6.45) is 0.955. The quantitative estimate of drug-likeness (QED) is 0.908. The summed E-state index contributed by atoms with van der Waals surface area (Å²) in [5.74, 6) is -0.785. The van der Waals surface area contributed by atoms with Crippen LogP contribution in [0.1, 0.15) is 29.0 Å². The van der Waals surface area contributed by atoms with Crippen LogP contribution in [0.2, 0.25) is 5.02 Å². The van der Waals surface area contributed by atoms with Crippen molar-refractivity contribution in [2.24, 2.45) is 0 Å². The van der Waals surface area contributed by atoms with Gasteiger partial charge >= 0.3 is 0 Å². The molecule has 1 N–H and O–H groups in total. The van der Waals surface area contributed by atoms with Crippen molar-refractivity contribution in [1.82, 2.24) is 19.9 Å². The number of benzene rings is 1. The minimum atomic E-state index is -0.521. The highest BCUT2D eigenvalue weighted by Crippen LogP contribution is 2.21. The summed E-state index contributed by atoms with van der Waals surface area (Å²) in [5, 5.41) is 17.6. The van der Waals surface area contributed by atoms with Crippen molar-refractivity contribution in [1.29, 1.82) is 0 Å². The van der Waals surface area contributed by atoms with Gasteiger partial charge in [-0.05, 0) is 38.0 Å². The Labute approximate surface area is 137 Å². The van der Waals surface area contributed by atoms with Gasteiger partial charge in [-0.25, -0.2) is 9.07 Å². The predicted molar refractivity (Wildman–Crippen MR) is 82.2 cm³/mol. The smallest absolute Gasteiger partial charge is 0.276 e. The molecular formula is C15H16ClFN4O2. The largest absolute Gasteiger partial charge is 0.391 e. The number of amides is 1. The summed E-state index contributed by atoms with van der Waals surface area (Å²) in [4.78, 5) is 14.1. The monoisotopic (exact) mass is 338 g/mol. The number of halogens is 2. The maximum Gasteiger partial charge on any atom is 0.276 e. The summed E-state index contributed by atoms with van der Waals surface area (Å²) in [5.41, 5.74) is 1.29. The van der Waals surface area contributed by atoms with E-state index in [-0.39, 0.29) is 16.6 Å². The van der Waals surface area contributed by atoms with Gasteiger partial charge < -0.3 is 10.0 Å². The number of piperidine rings is 1. The van der Waals surface area contributed by atoms with E-state index in [9.17, 15) is 14.3 Å². The van der Waals surface area contributed by atoms with E-state index < -0.39 is 11.9 Å². The average Bonchev–Trinajstić information content (AvgIpc) is 2.91. The lowest BCUT2D eigenvalue weighted by Crippen LogP contribution is -2.42. The summed E-state index contributed by atoms with van der Waals surface area (Å²) >= 11 is 5.78. The van der Waals surface area contributed by atoms with E-state index in [2.05, 4.69) is 10.3 Å². The van der Waals surface area contributed by atoms with Gasteiger partial charge in [0.25, 0.3) is 5.91 Å². The maximum absolute atomic E-state index is 13.3. The van der Waals surface area contributed by atoms with Gasteiger partial charge in [0.15, 0.2) is 5.69 Å². The summed E-state index contributed by atoms with van der Waals surface area (Å²) in [6.45, 7) is 2.60. The van der Waals surface area contributed by atoms with Gasteiger partial charge in [0.1, 0.15) is 5.82 Å². The standard InChI is InChI=1S/C15H16ClFN4O2/c1-9-14(15(23)20-6-2-3-11(22)8-20)18-19-21(9)10-4-5-13(17)12(16)7-10/h4-5,7,11,22H,2-3,6,8H2,1H3. The van der Waals surface area contributed by atoms with Crippen LogP contribution in [0.5, 0.6) is 0 Å². The molecule has 1 aliphatic rings. The van der Waals surface area contributed by atoms with Gasteiger partial charge in [-0.3, -0.25) is 4.79 Å². The predicted octanol–water partition coefficient (Wildman–Crippen LogP) is 1.97. The zero-order valence-electron chi connectivity index (χ0n) is 12.5. The van der Waals surface area contributed by atoms with E-state index in [1.54, 1.807) is 11.8 Å². The molecule has 0 bridgehead atoms. The number of hydrogen-bond donors (Lipinski definition) is 1. The molecule has 0 radical (unpaired) electrons. The number of hydrogen-bond acceptors (Lipinski definition) is 4. The van der Waals surface area contributed by atoms with E-state index in [1.165, 1.54) is 22.9 Å². The Morgan fingerprint density at radius 3 is 2.96 bits per heavy atom. The molecule has 1 aromatic carbocycles. The molecule has 0 saturated carbocycles. The van der Waals surface area contributed by atoms with Crippen LogP contribution in [-0.4, -0.2) is 50.1 Å². The van der Waals surface area contributed by atoms with Crippen molar-refractivity contribution >= 4 is 17.5 Å². The third-order valence-corrected chi connectivity index (χ3v) is 4.22. The van der Waals surface area contributed by atoms with Crippen molar-refractivity contribution in [2.75, 3.05) is 13.1 Å². The second-order valence-corrected chi connectivity index (χ2v) is 5.99. The van der Waals surface area contributed by atoms with Crippen molar-refractivity contribution in [2.45, 2.75) is 25.9 Å². The topological polar surface area (TPSA) is 71.2 Å². The van der Waals surface area contributed by atoms with Crippen LogP contribution in [-0.2, 0) is 0 Å². The number of β-amino-alcohol motifs (C(OH)–C–C–N with tert-alkyl or cyclic N) is 1. The molecule has 0 spiro atoms. The molecule has 1 amide bonds. The van der Waals surface area contributed by atoms with E-state index in [0.29, 0.717) is 30.9 Å². The van der Waals surface area contributed by atoms with Gasteiger partial charge in [-0.15, -0.1) is 5.10 Å². The SMILES string of the molecule is Cc1c(C(=O)N2CCCC(O)C2)nnn1-c1ccc(F)c(Cl)c1. The summed E-state index contributed by atoms with van der Waals surface area (Å²) in [7, 11) is 0. The number of carbonyl (C=O) groups is 1. The number of nitrogens with zero attached hydrogens (tertiary/aromatic N) is 4. The number of aliphatic hydroxyl groups is 1. The fourth-order valence-electron chi connectivity index (χ4n) is 2.68. The number of rotatable bonds is 2. The van der Waals surface area contributed by atoms with Crippen molar-refractivity contribution in [3.63, 3.8) is 0 Å². The Hall–Kier alpha value is -1.99. The molecule has 0 aliphatic carbocycles. The molecule has 23 heavy (non-hydrogen) atoms. The van der Waals surface area contributed by atoms with E-state index in [0.717, 1.165) is 6.42 Å². The second kappa shape index (κ2) is 6.25. The van der Waals surface area contributed by atoms with Gasteiger partial charge in [0, 0.05) is 13.1 Å². The van der Waals surface area contributed by atoms with Crippen molar-refractivity contribution in [3.05, 3.63) is 40.4 Å². The van der Waals surface area contributed by atoms with Crippen LogP contribution >= 0.6 is 11.6 Å². The first-order chi connectivity index (χ1) is 11.0. The third kappa shape index (κ3) is 3.07. The minimum Gasteiger partial charge on any atom is -0.391 e. The van der Waals surface area contributed by atoms with Gasteiger partial charge in [-0.1, -0.05) is 16.8 Å². The lowest BCUT2D eigenvalue weighted by molar-refractivity contribution is 0.0468. The highest BCUT2D eigenvalue weighted by atomic mass is 35.5. The Morgan fingerprint density at radius 1 is 1.48 bits per heavy atom. The third-order valence-electron chi connectivity index (χ3n) is 3.93. The van der Waals surface area contributed by atoms with Crippen LogP contribution in [0.25, 0.3) is 5.69 Å². The molecule has 6 nitrogen and oxygen atoms in total. The maximum atomic E-state index is 13.3. The number of likely N-dealkylation sites (tertiary alicyclic amines) is 1. The molecule has 122 valence electrons. The Morgan fingerprint density at radius 2 is 2.26 bits per heavy atom. The number of aliphatic hydroxyl groups excluding tert-OH is 1. The van der Waals surface area contributed by atoms with E-state index in [1.807, 2.05) is 0 Å². The molecule has 3 rings (SSSR count). The van der Waals surface area contributed by atoms with Crippen LogP contribution in [0.3, 0.4) is 0 Å². The van der Waals surface area contributed by atoms with Crippen molar-refractivity contribution in [3.8, 4) is 5.69 Å². The summed E-state index contributed by atoms with van der Waals surface area (Å²) < 4.78 is 14.7. The highest BCUT2D eigenvalue weighted by Gasteiger charge is 2.27. The van der Waals surface area contributed by atoms with Gasteiger partial charge in [0.2, 0.25) is 0 Å². The minimum absolute atomic E-state index is 0.0237. The highest BCUT2D eigenvalue weighted by molar-refractivity contribution is 6.30. The zero-order chi connectivity index (χ0) is 16.6. The van der Waals surface area contributed by atoms with Crippen LogP contribution in [0.4, 0.5) is 4.39 Å². The van der Waals surface area contributed by atoms with Crippen molar-refractivity contribution < 1.29 is 14.3 Å². The lowest BCUT2D eigenvalue weighted by Gasteiger charge is -2.29. The normalized spacial score (nSPS) is 18.3. The van der Waals surface area contributed by atoms with Crippen LogP contribution in [0, 0.1) is 12.7 Å². The molecule has 1 fully saturated rings. The first kappa shape index (κ1) is 15.9. The molecule has 8 heteroatoms. The van der Waals surface area contributed by atoms with E-state index >= 15 is 0 Å². The Kier molecular flexibility index (Phi) is 4.32. The summed E-state index contributed by atoms with van der Waals surface area (Å²) in [6, 6.07) is 4.18. The second-order valence-electron chi connectivity index (χ2n) is 5.58.